The van der Waals surface area contributed by atoms with Crippen molar-refractivity contribution in [1.29, 1.82) is 0 Å². The van der Waals surface area contributed by atoms with Crippen LogP contribution in [0.25, 0.3) is 0 Å². The van der Waals surface area contributed by atoms with E-state index in [2.05, 4.69) is 47.8 Å². The molecule has 1 aromatic heterocycles. The van der Waals surface area contributed by atoms with Gasteiger partial charge in [0.1, 0.15) is 17.6 Å². The zero-order valence-corrected chi connectivity index (χ0v) is 16.2. The molecule has 0 saturated heterocycles. The first-order valence-electron chi connectivity index (χ1n) is 5.52. The number of methoxy groups -OCH3 is 2. The fourth-order valence-corrected chi connectivity index (χ4v) is 4.33. The number of aliphatic hydroxyl groups excluding tert-OH is 1. The Morgan fingerprint density at radius 2 is 1.65 bits per heavy atom. The third-order valence-corrected chi connectivity index (χ3v) is 6.66. The van der Waals surface area contributed by atoms with E-state index < -0.39 is 6.10 Å². The molecule has 0 aliphatic rings. The van der Waals surface area contributed by atoms with Crippen LogP contribution in [0.15, 0.2) is 30.9 Å². The molecule has 0 fully saturated rings. The van der Waals surface area contributed by atoms with E-state index in [1.54, 1.807) is 26.4 Å². The fraction of sp³-hybridized carbons (Fsp3) is 0.231. The second-order valence-corrected chi connectivity index (χ2v) is 8.01. The molecule has 2 rings (SSSR count). The lowest BCUT2D eigenvalue weighted by Gasteiger charge is -2.16. The van der Waals surface area contributed by atoms with Gasteiger partial charge < -0.3 is 14.6 Å². The minimum Gasteiger partial charge on any atom is -0.496 e. The van der Waals surface area contributed by atoms with Crippen molar-refractivity contribution in [2.24, 2.45) is 0 Å². The summed E-state index contributed by atoms with van der Waals surface area (Å²) in [7, 11) is 3.16. The highest BCUT2D eigenvalue weighted by Crippen LogP contribution is 2.42. The van der Waals surface area contributed by atoms with Gasteiger partial charge in [-0.1, -0.05) is 0 Å². The van der Waals surface area contributed by atoms with Crippen molar-refractivity contribution in [1.82, 2.24) is 0 Å². The Hall–Kier alpha value is -0.0800. The molecule has 0 aliphatic heterocycles. The van der Waals surface area contributed by atoms with Gasteiger partial charge in [-0.25, -0.2) is 0 Å². The molecule has 0 aliphatic carbocycles. The summed E-state index contributed by atoms with van der Waals surface area (Å²) in [5, 5.41) is 10.6. The van der Waals surface area contributed by atoms with E-state index in [9.17, 15) is 5.11 Å². The fourth-order valence-electron chi connectivity index (χ4n) is 1.75. The number of hydrogen-bond acceptors (Lipinski definition) is 4. The number of thiophene rings is 1. The van der Waals surface area contributed by atoms with Crippen molar-refractivity contribution in [3.05, 3.63) is 41.4 Å². The summed E-state index contributed by atoms with van der Waals surface area (Å²) < 4.78 is 13.2. The van der Waals surface area contributed by atoms with Gasteiger partial charge in [0.2, 0.25) is 0 Å². The molecular weight excluding hydrogens is 476 g/mol. The van der Waals surface area contributed by atoms with Gasteiger partial charge >= 0.3 is 0 Å². The number of ether oxygens (including phenoxy) is 2. The van der Waals surface area contributed by atoms with Crippen LogP contribution in [0.3, 0.4) is 0 Å². The lowest BCUT2D eigenvalue weighted by molar-refractivity contribution is 0.217. The molecule has 0 radical (unpaired) electrons. The monoisotopic (exact) mass is 484 g/mol. The Kier molecular flexibility index (Phi) is 5.53. The predicted molar refractivity (Wildman–Crippen MR) is 91.0 cm³/mol. The molecule has 0 amide bonds. The van der Waals surface area contributed by atoms with Crippen LogP contribution in [-0.4, -0.2) is 19.3 Å². The number of rotatable bonds is 4. The number of hydrogen-bond donors (Lipinski definition) is 1. The Balaban J connectivity index is 2.49. The zero-order valence-electron chi connectivity index (χ0n) is 10.6. The van der Waals surface area contributed by atoms with E-state index in [1.807, 2.05) is 6.07 Å². The maximum atomic E-state index is 10.6. The van der Waals surface area contributed by atoms with Crippen molar-refractivity contribution < 1.29 is 14.6 Å². The predicted octanol–water partition coefficient (Wildman–Crippen LogP) is 5.13. The SMILES string of the molecule is COc1cc(C(O)c2cc(Br)c(Br)s2)c(OC)cc1Br. The van der Waals surface area contributed by atoms with Crippen molar-refractivity contribution in [2.75, 3.05) is 14.2 Å². The van der Waals surface area contributed by atoms with Gasteiger partial charge in [-0.15, -0.1) is 11.3 Å². The third kappa shape index (κ3) is 3.22. The molecule has 0 spiro atoms. The summed E-state index contributed by atoms with van der Waals surface area (Å²) in [5.74, 6) is 1.25. The van der Waals surface area contributed by atoms with Crippen LogP contribution in [0, 0.1) is 0 Å². The molecule has 20 heavy (non-hydrogen) atoms. The summed E-state index contributed by atoms with van der Waals surface area (Å²) in [6.07, 6.45) is -0.778. The molecule has 1 heterocycles. The van der Waals surface area contributed by atoms with E-state index >= 15 is 0 Å². The first kappa shape index (κ1) is 16.3. The Morgan fingerprint density at radius 1 is 1.00 bits per heavy atom. The molecule has 1 atom stereocenters. The van der Waals surface area contributed by atoms with Gasteiger partial charge in [0.25, 0.3) is 0 Å². The molecule has 0 bridgehead atoms. The lowest BCUT2D eigenvalue weighted by Crippen LogP contribution is -2.02. The number of aliphatic hydroxyl groups is 1. The third-order valence-electron chi connectivity index (χ3n) is 2.73. The first-order chi connectivity index (χ1) is 9.47. The van der Waals surface area contributed by atoms with E-state index in [0.717, 1.165) is 17.6 Å². The summed E-state index contributed by atoms with van der Waals surface area (Å²) >= 11 is 11.7. The van der Waals surface area contributed by atoms with Crippen molar-refractivity contribution in [3.63, 3.8) is 0 Å². The minimum atomic E-state index is -0.778. The van der Waals surface area contributed by atoms with E-state index in [4.69, 9.17) is 9.47 Å². The maximum absolute atomic E-state index is 10.6. The smallest absolute Gasteiger partial charge is 0.133 e. The van der Waals surface area contributed by atoms with Crippen LogP contribution >= 0.6 is 59.1 Å². The number of halogens is 3. The van der Waals surface area contributed by atoms with Crippen LogP contribution in [0.5, 0.6) is 11.5 Å². The highest BCUT2D eigenvalue weighted by Gasteiger charge is 2.21. The Labute approximate surface area is 146 Å². The Bertz CT molecular complexity index is 608. The molecule has 2 aromatic rings. The van der Waals surface area contributed by atoms with Gasteiger partial charge in [-0.3, -0.25) is 0 Å². The first-order valence-corrected chi connectivity index (χ1v) is 8.71. The van der Waals surface area contributed by atoms with Gasteiger partial charge in [0.15, 0.2) is 0 Å². The average Bonchev–Trinajstić information content (AvgIpc) is 2.77. The van der Waals surface area contributed by atoms with Crippen LogP contribution < -0.4 is 9.47 Å². The summed E-state index contributed by atoms with van der Waals surface area (Å²) in [5.41, 5.74) is 0.661. The largest absolute Gasteiger partial charge is 0.496 e. The minimum absolute atomic E-state index is 0.603. The second-order valence-electron chi connectivity index (χ2n) is 3.90. The summed E-state index contributed by atoms with van der Waals surface area (Å²) in [6.45, 7) is 0. The zero-order chi connectivity index (χ0) is 14.9. The maximum Gasteiger partial charge on any atom is 0.133 e. The van der Waals surface area contributed by atoms with Gasteiger partial charge in [0.05, 0.1) is 22.5 Å². The standard InChI is InChI=1S/C13H11Br3O3S/c1-18-9-4-7(14)10(19-2)3-6(9)12(17)11-5-8(15)13(16)20-11/h3-5,12,17H,1-2H3. The van der Waals surface area contributed by atoms with Gasteiger partial charge in [-0.2, -0.15) is 0 Å². The molecule has 108 valence electrons. The second kappa shape index (κ2) is 6.79. The van der Waals surface area contributed by atoms with Crippen LogP contribution in [0.2, 0.25) is 0 Å². The van der Waals surface area contributed by atoms with Crippen LogP contribution in [-0.2, 0) is 0 Å². The van der Waals surface area contributed by atoms with E-state index in [-0.39, 0.29) is 0 Å². The molecular formula is C13H11Br3O3S. The van der Waals surface area contributed by atoms with Crippen LogP contribution in [0.1, 0.15) is 16.5 Å². The van der Waals surface area contributed by atoms with Crippen LogP contribution in [0.4, 0.5) is 0 Å². The highest BCUT2D eigenvalue weighted by molar-refractivity contribution is 9.13. The molecule has 3 nitrogen and oxygen atoms in total. The average molecular weight is 487 g/mol. The number of benzene rings is 1. The quantitative estimate of drug-likeness (QED) is 0.650. The van der Waals surface area contributed by atoms with Crippen molar-refractivity contribution in [2.45, 2.75) is 6.10 Å². The molecule has 1 N–H and O–H groups in total. The van der Waals surface area contributed by atoms with Gasteiger partial charge in [-0.05, 0) is 66.0 Å². The molecule has 0 saturated carbocycles. The van der Waals surface area contributed by atoms with Gasteiger partial charge in [0, 0.05) is 14.9 Å². The highest BCUT2D eigenvalue weighted by atomic mass is 79.9. The van der Waals surface area contributed by atoms with E-state index in [1.165, 1.54) is 11.3 Å². The van der Waals surface area contributed by atoms with Crippen molar-refractivity contribution in [3.8, 4) is 11.5 Å². The lowest BCUT2D eigenvalue weighted by atomic mass is 10.1. The van der Waals surface area contributed by atoms with Crippen molar-refractivity contribution >= 4 is 59.1 Å². The summed E-state index contributed by atoms with van der Waals surface area (Å²) in [6, 6.07) is 5.44. The molecule has 1 unspecified atom stereocenters. The molecule has 7 heteroatoms. The Morgan fingerprint density at radius 3 is 2.15 bits per heavy atom. The summed E-state index contributed by atoms with van der Waals surface area (Å²) in [4.78, 5) is 0.812. The normalized spacial score (nSPS) is 12.3. The molecule has 1 aromatic carbocycles. The van der Waals surface area contributed by atoms with E-state index in [0.29, 0.717) is 17.1 Å². The topological polar surface area (TPSA) is 38.7 Å².